The number of fused-ring (bicyclic) bond motifs is 3. The second-order valence-electron chi connectivity index (χ2n) is 9.90. The van der Waals surface area contributed by atoms with Gasteiger partial charge < -0.3 is 31.1 Å². The number of primary amides is 1. The van der Waals surface area contributed by atoms with Crippen molar-refractivity contribution in [2.24, 2.45) is 17.6 Å². The Hall–Kier alpha value is -3.21. The molecule has 4 rings (SSSR count). The molecule has 0 saturated heterocycles. The van der Waals surface area contributed by atoms with Gasteiger partial charge in [0, 0.05) is 23.6 Å². The van der Waals surface area contributed by atoms with Crippen molar-refractivity contribution in [2.75, 3.05) is 27.7 Å². The molecule has 0 spiro atoms. The molecule has 0 radical (unpaired) electrons. The fourth-order valence-corrected chi connectivity index (χ4v) is 5.79. The van der Waals surface area contributed by atoms with Gasteiger partial charge in [0.25, 0.3) is 5.91 Å². The first kappa shape index (κ1) is 24.9. The van der Waals surface area contributed by atoms with Crippen LogP contribution in [0, 0.1) is 11.8 Å². The molecule has 0 aromatic heterocycles. The van der Waals surface area contributed by atoms with E-state index in [0.29, 0.717) is 17.7 Å². The summed E-state index contributed by atoms with van der Waals surface area (Å²) in [6.45, 7) is 3.12. The van der Waals surface area contributed by atoms with Crippen LogP contribution < -0.4 is 5.73 Å². The average Bonchev–Trinajstić information content (AvgIpc) is 2.77. The molecule has 0 aliphatic heterocycles. The monoisotopic (exact) mass is 485 g/mol. The molecule has 1 amide bonds. The van der Waals surface area contributed by atoms with Crippen LogP contribution in [-0.4, -0.2) is 87.0 Å². The molecule has 1 aromatic carbocycles. The number of aliphatic hydroxyl groups excluding tert-OH is 2. The van der Waals surface area contributed by atoms with Gasteiger partial charge in [-0.05, 0) is 52.0 Å². The van der Waals surface area contributed by atoms with Crippen molar-refractivity contribution < 1.29 is 34.8 Å². The maximum atomic E-state index is 13.8. The number of carbonyl (C=O) groups is 3. The van der Waals surface area contributed by atoms with Crippen molar-refractivity contribution >= 4 is 23.2 Å². The first-order chi connectivity index (χ1) is 16.4. The minimum Gasteiger partial charge on any atom is -0.508 e. The van der Waals surface area contributed by atoms with Gasteiger partial charge in [0.1, 0.15) is 22.8 Å². The van der Waals surface area contributed by atoms with Gasteiger partial charge in [-0.3, -0.25) is 19.3 Å². The molecule has 3 aliphatic carbocycles. The zero-order valence-corrected chi connectivity index (χ0v) is 20.2. The number of benzene rings is 1. The summed E-state index contributed by atoms with van der Waals surface area (Å²) in [4.78, 5) is 42.3. The number of aliphatic hydroxyl groups is 3. The Kier molecular flexibility index (Phi) is 6.03. The topological polar surface area (TPSA) is 165 Å². The van der Waals surface area contributed by atoms with Gasteiger partial charge in [-0.1, -0.05) is 19.1 Å². The van der Waals surface area contributed by atoms with Gasteiger partial charge in [-0.25, -0.2) is 0 Å². The summed E-state index contributed by atoms with van der Waals surface area (Å²) >= 11 is 0. The normalized spacial score (nSPS) is 28.4. The fourth-order valence-electron chi connectivity index (χ4n) is 5.79. The number of hydrogen-bond acceptors (Lipinski definition) is 9. The lowest BCUT2D eigenvalue weighted by Crippen LogP contribution is -2.65. The molecule has 1 saturated carbocycles. The van der Waals surface area contributed by atoms with Crippen LogP contribution in [0.3, 0.4) is 0 Å². The lowest BCUT2D eigenvalue weighted by Gasteiger charge is -2.50. The van der Waals surface area contributed by atoms with Crippen molar-refractivity contribution in [3.8, 4) is 5.75 Å². The summed E-state index contributed by atoms with van der Waals surface area (Å²) in [6, 6.07) is 2.48. The summed E-state index contributed by atoms with van der Waals surface area (Å²) in [5.41, 5.74) is 3.05. The van der Waals surface area contributed by atoms with E-state index in [-0.39, 0.29) is 29.7 Å². The number of Topliss-reactive ketones (excluding diaryl/α,β-unsaturated/α-hetero) is 2. The van der Waals surface area contributed by atoms with E-state index in [1.54, 1.807) is 26.2 Å². The first-order valence-electron chi connectivity index (χ1n) is 11.5. The van der Waals surface area contributed by atoms with Crippen molar-refractivity contribution in [1.82, 2.24) is 9.80 Å². The zero-order valence-electron chi connectivity index (χ0n) is 20.2. The SMILES string of the molecule is CCN(C)Cc1ccc2c(c1O)C(O)=C1C(=O)[C@]3(O)C(O)=C(C(N)=O)C(=O)[C@@H](N(C)C)[C@@H]3C[C@@H]1C2. The molecule has 0 unspecified atom stereocenters. The third-order valence-corrected chi connectivity index (χ3v) is 7.66. The standard InChI is InChI=1S/C25H31N3O7/c1-5-28(4)10-12-7-6-11-8-13-9-14-18(27(2)3)21(31)17(24(26)34)23(33)25(14,35)22(32)16(13)20(30)15(11)19(12)29/h6-7,13-14,18,29-30,33,35H,5,8-10H2,1-4H3,(H2,26,34)/t13-,14-,18-,25-/m0/s1. The predicted molar refractivity (Wildman–Crippen MR) is 126 cm³/mol. The van der Waals surface area contributed by atoms with Gasteiger partial charge >= 0.3 is 0 Å². The fraction of sp³-hybridized carbons (Fsp3) is 0.480. The van der Waals surface area contributed by atoms with E-state index in [4.69, 9.17) is 5.73 Å². The van der Waals surface area contributed by atoms with Crippen LogP contribution >= 0.6 is 0 Å². The number of amides is 1. The number of nitrogens with zero attached hydrogens (tertiary/aromatic N) is 2. The Bertz CT molecular complexity index is 1200. The summed E-state index contributed by atoms with van der Waals surface area (Å²) in [5.74, 6) is -6.39. The Morgan fingerprint density at radius 3 is 2.40 bits per heavy atom. The minimum absolute atomic E-state index is 0.0762. The largest absolute Gasteiger partial charge is 0.508 e. The third kappa shape index (κ3) is 3.47. The van der Waals surface area contributed by atoms with Gasteiger partial charge in [-0.15, -0.1) is 0 Å². The molecule has 10 heteroatoms. The second-order valence-corrected chi connectivity index (χ2v) is 9.90. The van der Waals surface area contributed by atoms with Crippen LogP contribution in [0.4, 0.5) is 0 Å². The maximum Gasteiger partial charge on any atom is 0.255 e. The number of phenolic OH excluding ortho intramolecular Hbond substituents is 1. The molecule has 10 nitrogen and oxygen atoms in total. The number of aromatic hydroxyl groups is 1. The molecule has 1 aromatic rings. The molecule has 3 aliphatic rings. The summed E-state index contributed by atoms with van der Waals surface area (Å²) in [7, 11) is 5.02. The van der Waals surface area contributed by atoms with E-state index in [1.807, 2.05) is 18.9 Å². The minimum atomic E-state index is -2.62. The molecule has 35 heavy (non-hydrogen) atoms. The number of carbonyl (C=O) groups excluding carboxylic acids is 3. The lowest BCUT2D eigenvalue weighted by molar-refractivity contribution is -0.153. The quantitative estimate of drug-likeness (QED) is 0.372. The van der Waals surface area contributed by atoms with Gasteiger partial charge in [0.2, 0.25) is 5.78 Å². The van der Waals surface area contributed by atoms with Crippen molar-refractivity contribution in [3.63, 3.8) is 0 Å². The van der Waals surface area contributed by atoms with E-state index < -0.39 is 58.0 Å². The van der Waals surface area contributed by atoms with Crippen LogP contribution in [0.1, 0.15) is 30.0 Å². The Morgan fingerprint density at radius 1 is 1.17 bits per heavy atom. The number of ketones is 2. The van der Waals surface area contributed by atoms with E-state index >= 15 is 0 Å². The van der Waals surface area contributed by atoms with Crippen molar-refractivity contribution in [3.05, 3.63) is 45.7 Å². The van der Waals surface area contributed by atoms with E-state index in [2.05, 4.69) is 0 Å². The molecule has 1 fully saturated rings. The smallest absolute Gasteiger partial charge is 0.255 e. The van der Waals surface area contributed by atoms with Crippen LogP contribution in [0.25, 0.3) is 5.76 Å². The summed E-state index contributed by atoms with van der Waals surface area (Å²) in [5, 5.41) is 44.6. The Morgan fingerprint density at radius 2 is 1.83 bits per heavy atom. The van der Waals surface area contributed by atoms with E-state index in [1.165, 1.54) is 4.90 Å². The number of nitrogens with two attached hydrogens (primary N) is 1. The molecule has 188 valence electrons. The number of phenols is 1. The van der Waals surface area contributed by atoms with Gasteiger partial charge in [0.15, 0.2) is 11.4 Å². The predicted octanol–water partition coefficient (Wildman–Crippen LogP) is 0.416. The third-order valence-electron chi connectivity index (χ3n) is 7.66. The highest BCUT2D eigenvalue weighted by Crippen LogP contribution is 2.52. The zero-order chi connectivity index (χ0) is 26.0. The number of likely N-dealkylation sites (N-methyl/N-ethyl adjacent to an activating group) is 1. The maximum absolute atomic E-state index is 13.8. The highest BCUT2D eigenvalue weighted by Gasteiger charge is 2.64. The first-order valence-corrected chi connectivity index (χ1v) is 11.5. The van der Waals surface area contributed by atoms with Crippen LogP contribution in [0.5, 0.6) is 5.75 Å². The van der Waals surface area contributed by atoms with E-state index in [0.717, 1.165) is 6.54 Å². The van der Waals surface area contributed by atoms with Crippen LogP contribution in [-0.2, 0) is 27.3 Å². The molecular formula is C25H31N3O7. The van der Waals surface area contributed by atoms with Crippen molar-refractivity contribution in [1.29, 1.82) is 0 Å². The molecule has 0 heterocycles. The van der Waals surface area contributed by atoms with Gasteiger partial charge in [-0.2, -0.15) is 0 Å². The van der Waals surface area contributed by atoms with Crippen molar-refractivity contribution in [2.45, 2.75) is 38.0 Å². The Labute approximate surface area is 202 Å². The van der Waals surface area contributed by atoms with E-state index in [9.17, 15) is 34.8 Å². The van der Waals surface area contributed by atoms with Crippen LogP contribution in [0.15, 0.2) is 29.0 Å². The number of hydrogen-bond donors (Lipinski definition) is 5. The summed E-state index contributed by atoms with van der Waals surface area (Å²) in [6.07, 6.45) is 0.360. The van der Waals surface area contributed by atoms with Gasteiger partial charge in [0.05, 0.1) is 11.6 Å². The molecule has 0 bridgehead atoms. The highest BCUT2D eigenvalue weighted by atomic mass is 16.3. The average molecular weight is 486 g/mol. The molecule has 6 N–H and O–H groups in total. The summed E-state index contributed by atoms with van der Waals surface area (Å²) < 4.78 is 0. The lowest BCUT2D eigenvalue weighted by atomic mass is 9.57. The second kappa shape index (κ2) is 8.47. The molecule has 4 atom stereocenters. The molecular weight excluding hydrogens is 454 g/mol. The van der Waals surface area contributed by atoms with Crippen LogP contribution in [0.2, 0.25) is 0 Å². The highest BCUT2D eigenvalue weighted by molar-refractivity contribution is 6.24. The number of rotatable bonds is 5. The Balaban J connectivity index is 1.91.